The second-order valence-corrected chi connectivity index (χ2v) is 4.33. The molecule has 19 heavy (non-hydrogen) atoms. The summed E-state index contributed by atoms with van der Waals surface area (Å²) in [5.41, 5.74) is 2.75. The van der Waals surface area contributed by atoms with Gasteiger partial charge in [0.2, 0.25) is 6.29 Å². The van der Waals surface area contributed by atoms with Gasteiger partial charge in [0.25, 0.3) is 0 Å². The normalized spacial score (nSPS) is 19.7. The van der Waals surface area contributed by atoms with E-state index < -0.39 is 6.29 Å². The highest BCUT2D eigenvalue weighted by molar-refractivity contribution is 5.82. The minimum atomic E-state index is -0.393. The zero-order chi connectivity index (χ0) is 13.2. The predicted molar refractivity (Wildman–Crippen MR) is 72.4 cm³/mol. The SMILES string of the molecule is COC/C=C1\OC(OC)c2cc3ccccc3nc21. The number of fused-ring (bicyclic) bond motifs is 2. The summed E-state index contributed by atoms with van der Waals surface area (Å²) < 4.78 is 16.2. The Morgan fingerprint density at radius 3 is 2.95 bits per heavy atom. The van der Waals surface area contributed by atoms with Crippen LogP contribution in [0, 0.1) is 0 Å². The molecule has 0 radical (unpaired) electrons. The predicted octanol–water partition coefficient (Wildman–Crippen LogP) is 2.90. The van der Waals surface area contributed by atoms with Crippen molar-refractivity contribution in [1.29, 1.82) is 0 Å². The van der Waals surface area contributed by atoms with Crippen molar-refractivity contribution in [2.45, 2.75) is 6.29 Å². The number of hydrogen-bond donors (Lipinski definition) is 0. The highest BCUT2D eigenvalue weighted by Gasteiger charge is 2.29. The average Bonchev–Trinajstić information content (AvgIpc) is 2.80. The molecule has 1 aliphatic heterocycles. The summed E-state index contributed by atoms with van der Waals surface area (Å²) in [6, 6.07) is 10.1. The molecule has 0 N–H and O–H groups in total. The molecule has 4 nitrogen and oxygen atoms in total. The average molecular weight is 257 g/mol. The van der Waals surface area contributed by atoms with Crippen LogP contribution < -0.4 is 0 Å². The number of nitrogens with zero attached hydrogens (tertiary/aromatic N) is 1. The van der Waals surface area contributed by atoms with E-state index in [-0.39, 0.29) is 0 Å². The van der Waals surface area contributed by atoms with Gasteiger partial charge < -0.3 is 14.2 Å². The monoisotopic (exact) mass is 257 g/mol. The van der Waals surface area contributed by atoms with Crippen molar-refractivity contribution in [3.8, 4) is 0 Å². The Hall–Kier alpha value is -1.91. The third-order valence-electron chi connectivity index (χ3n) is 3.12. The molecule has 0 amide bonds. The Morgan fingerprint density at radius 1 is 1.32 bits per heavy atom. The first-order valence-electron chi connectivity index (χ1n) is 6.12. The summed E-state index contributed by atoms with van der Waals surface area (Å²) in [4.78, 5) is 4.66. The van der Waals surface area contributed by atoms with Gasteiger partial charge in [-0.1, -0.05) is 18.2 Å². The number of methoxy groups -OCH3 is 2. The second-order valence-electron chi connectivity index (χ2n) is 4.33. The van der Waals surface area contributed by atoms with E-state index in [4.69, 9.17) is 14.2 Å². The molecule has 0 bridgehead atoms. The standard InChI is InChI=1S/C15H15NO3/c1-17-8-7-13-14-11(15(18-2)19-13)9-10-5-3-4-6-12(10)16-14/h3-7,9,15H,8H2,1-2H3/b13-7-. The summed E-state index contributed by atoms with van der Waals surface area (Å²) in [5, 5.41) is 1.08. The van der Waals surface area contributed by atoms with Gasteiger partial charge in [-0.25, -0.2) is 4.98 Å². The summed E-state index contributed by atoms with van der Waals surface area (Å²) in [7, 11) is 3.28. The van der Waals surface area contributed by atoms with Gasteiger partial charge in [0.1, 0.15) is 11.5 Å². The van der Waals surface area contributed by atoms with Crippen LogP contribution in [0.1, 0.15) is 17.5 Å². The molecular formula is C15H15NO3. The first-order chi connectivity index (χ1) is 9.33. The Balaban J connectivity index is 2.15. The molecule has 0 saturated carbocycles. The Labute approximate surface area is 111 Å². The van der Waals surface area contributed by atoms with E-state index in [2.05, 4.69) is 11.1 Å². The molecule has 3 rings (SSSR count). The molecule has 1 unspecified atom stereocenters. The van der Waals surface area contributed by atoms with Gasteiger partial charge in [-0.2, -0.15) is 0 Å². The molecule has 1 aliphatic rings. The number of ether oxygens (including phenoxy) is 3. The van der Waals surface area contributed by atoms with E-state index in [0.29, 0.717) is 6.61 Å². The minimum absolute atomic E-state index is 0.393. The summed E-state index contributed by atoms with van der Waals surface area (Å²) >= 11 is 0. The first kappa shape index (κ1) is 12.1. The number of rotatable bonds is 3. The molecule has 0 fully saturated rings. The van der Waals surface area contributed by atoms with E-state index in [1.54, 1.807) is 14.2 Å². The fourth-order valence-electron chi connectivity index (χ4n) is 2.22. The van der Waals surface area contributed by atoms with Crippen LogP contribution in [-0.2, 0) is 14.2 Å². The molecule has 0 aliphatic carbocycles. The maximum absolute atomic E-state index is 5.75. The van der Waals surface area contributed by atoms with Gasteiger partial charge in [-0.15, -0.1) is 0 Å². The highest BCUT2D eigenvalue weighted by atomic mass is 16.7. The van der Waals surface area contributed by atoms with Gasteiger partial charge in [0, 0.05) is 19.6 Å². The molecule has 2 heterocycles. The lowest BCUT2D eigenvalue weighted by molar-refractivity contribution is -0.0651. The Bertz CT molecular complexity index is 636. The number of para-hydroxylation sites is 1. The molecule has 4 heteroatoms. The molecule has 1 aromatic heterocycles. The van der Waals surface area contributed by atoms with E-state index in [1.165, 1.54) is 0 Å². The summed E-state index contributed by atoms with van der Waals surface area (Å²) in [5.74, 6) is 0.717. The molecule has 1 aromatic carbocycles. The zero-order valence-corrected chi connectivity index (χ0v) is 10.9. The van der Waals surface area contributed by atoms with Crippen LogP contribution in [0.5, 0.6) is 0 Å². The molecule has 2 aromatic rings. The van der Waals surface area contributed by atoms with Gasteiger partial charge in [0.05, 0.1) is 17.7 Å². The lowest BCUT2D eigenvalue weighted by Crippen LogP contribution is -1.98. The van der Waals surface area contributed by atoms with Gasteiger partial charge in [-0.05, 0) is 18.2 Å². The summed E-state index contributed by atoms with van der Waals surface area (Å²) in [6.45, 7) is 0.486. The first-order valence-corrected chi connectivity index (χ1v) is 6.12. The molecule has 98 valence electrons. The minimum Gasteiger partial charge on any atom is -0.458 e. The fraction of sp³-hybridized carbons (Fsp3) is 0.267. The maximum Gasteiger partial charge on any atom is 0.228 e. The molecule has 0 spiro atoms. The van der Waals surface area contributed by atoms with E-state index >= 15 is 0 Å². The van der Waals surface area contributed by atoms with Crippen LogP contribution >= 0.6 is 0 Å². The van der Waals surface area contributed by atoms with Crippen LogP contribution in [0.4, 0.5) is 0 Å². The van der Waals surface area contributed by atoms with Crippen LogP contribution in [0.25, 0.3) is 16.7 Å². The van der Waals surface area contributed by atoms with Crippen molar-refractivity contribution >= 4 is 16.7 Å². The van der Waals surface area contributed by atoms with E-state index in [1.807, 2.05) is 30.3 Å². The van der Waals surface area contributed by atoms with E-state index in [0.717, 1.165) is 27.9 Å². The Morgan fingerprint density at radius 2 is 2.16 bits per heavy atom. The summed E-state index contributed by atoms with van der Waals surface area (Å²) in [6.07, 6.45) is 1.48. The van der Waals surface area contributed by atoms with Crippen molar-refractivity contribution in [2.24, 2.45) is 0 Å². The smallest absolute Gasteiger partial charge is 0.228 e. The van der Waals surface area contributed by atoms with Gasteiger partial charge >= 0.3 is 0 Å². The van der Waals surface area contributed by atoms with Crippen molar-refractivity contribution in [3.05, 3.63) is 47.7 Å². The van der Waals surface area contributed by atoms with Crippen LogP contribution in [0.15, 0.2) is 36.4 Å². The van der Waals surface area contributed by atoms with Crippen molar-refractivity contribution in [2.75, 3.05) is 20.8 Å². The quantitative estimate of drug-likeness (QED) is 0.847. The van der Waals surface area contributed by atoms with E-state index in [9.17, 15) is 0 Å². The Kier molecular flexibility index (Phi) is 3.19. The highest BCUT2D eigenvalue weighted by Crippen LogP contribution is 2.38. The maximum atomic E-state index is 5.75. The number of pyridine rings is 1. The second kappa shape index (κ2) is 4.99. The van der Waals surface area contributed by atoms with Gasteiger partial charge in [0.15, 0.2) is 0 Å². The molecule has 0 saturated heterocycles. The molecule has 1 atom stereocenters. The number of hydrogen-bond acceptors (Lipinski definition) is 4. The van der Waals surface area contributed by atoms with Gasteiger partial charge in [-0.3, -0.25) is 0 Å². The third kappa shape index (κ3) is 2.09. The van der Waals surface area contributed by atoms with Crippen molar-refractivity contribution < 1.29 is 14.2 Å². The number of benzene rings is 1. The largest absolute Gasteiger partial charge is 0.458 e. The topological polar surface area (TPSA) is 40.6 Å². The van der Waals surface area contributed by atoms with Crippen LogP contribution in [-0.4, -0.2) is 25.8 Å². The van der Waals surface area contributed by atoms with Crippen molar-refractivity contribution in [3.63, 3.8) is 0 Å². The van der Waals surface area contributed by atoms with Crippen LogP contribution in [0.2, 0.25) is 0 Å². The lowest BCUT2D eigenvalue weighted by Gasteiger charge is -2.08. The molecular weight excluding hydrogens is 242 g/mol. The fourth-order valence-corrected chi connectivity index (χ4v) is 2.22. The number of aromatic nitrogens is 1. The lowest BCUT2D eigenvalue weighted by atomic mass is 10.1. The van der Waals surface area contributed by atoms with Crippen LogP contribution in [0.3, 0.4) is 0 Å². The third-order valence-corrected chi connectivity index (χ3v) is 3.12. The zero-order valence-electron chi connectivity index (χ0n) is 10.9. The van der Waals surface area contributed by atoms with Crippen molar-refractivity contribution in [1.82, 2.24) is 4.98 Å².